The van der Waals surface area contributed by atoms with E-state index in [1.807, 2.05) is 53.8 Å². The largest absolute Gasteiger partial charge is 0.493 e. The Morgan fingerprint density at radius 1 is 1.14 bits per heavy atom. The van der Waals surface area contributed by atoms with Crippen molar-refractivity contribution in [3.63, 3.8) is 0 Å². The van der Waals surface area contributed by atoms with E-state index in [-0.39, 0.29) is 17.4 Å². The highest BCUT2D eigenvalue weighted by Gasteiger charge is 2.37. The summed E-state index contributed by atoms with van der Waals surface area (Å²) >= 11 is 2.78. The fraction of sp³-hybridized carbons (Fsp3) is 0.308. The van der Waals surface area contributed by atoms with Gasteiger partial charge in [-0.1, -0.05) is 17.7 Å². The van der Waals surface area contributed by atoms with Gasteiger partial charge in [0, 0.05) is 5.69 Å². The smallest absolute Gasteiger partial charge is 0.326 e. The first kappa shape index (κ1) is 28.5. The number of thioether (sulfide) groups is 1. The van der Waals surface area contributed by atoms with Gasteiger partial charge in [0.05, 0.1) is 15.6 Å². The summed E-state index contributed by atoms with van der Waals surface area (Å²) in [4.78, 5) is 50.6. The van der Waals surface area contributed by atoms with Crippen molar-refractivity contribution in [2.24, 2.45) is 0 Å². The minimum atomic E-state index is -0.729. The van der Waals surface area contributed by atoms with Crippen molar-refractivity contribution < 1.29 is 33.4 Å². The lowest BCUT2D eigenvalue weighted by molar-refractivity contribution is -0.156. The third-order valence-corrected chi connectivity index (χ3v) is 6.52. The van der Waals surface area contributed by atoms with Crippen LogP contribution in [0.25, 0.3) is 6.08 Å². The average molecular weight is 638 g/mol. The maximum atomic E-state index is 12.8. The predicted octanol–water partition coefficient (Wildman–Crippen LogP) is 5.00. The van der Waals surface area contributed by atoms with Crippen molar-refractivity contribution >= 4 is 69.1 Å². The summed E-state index contributed by atoms with van der Waals surface area (Å²) < 4.78 is 17.0. The number of anilines is 1. The molecule has 1 saturated heterocycles. The zero-order valence-corrected chi connectivity index (χ0v) is 24.0. The summed E-state index contributed by atoms with van der Waals surface area (Å²) in [6.45, 7) is 6.38. The number of hydrogen-bond donors (Lipinski definition) is 1. The molecule has 0 radical (unpaired) electrons. The number of imide groups is 1. The molecule has 9 nitrogen and oxygen atoms in total. The molecule has 3 rings (SSSR count). The van der Waals surface area contributed by atoms with Gasteiger partial charge in [-0.05, 0) is 98.0 Å². The molecule has 1 aliphatic rings. The number of benzene rings is 2. The van der Waals surface area contributed by atoms with E-state index in [0.717, 1.165) is 22.2 Å². The number of ether oxygens (including phenoxy) is 3. The van der Waals surface area contributed by atoms with E-state index in [2.05, 4.69) is 5.32 Å². The number of aryl methyl sites for hydroxylation is 1. The van der Waals surface area contributed by atoms with Crippen LogP contribution >= 0.6 is 34.4 Å². The van der Waals surface area contributed by atoms with Gasteiger partial charge in [-0.2, -0.15) is 0 Å². The van der Waals surface area contributed by atoms with Gasteiger partial charge in [0.2, 0.25) is 0 Å². The third-order valence-electron chi connectivity index (χ3n) is 4.81. The Morgan fingerprint density at radius 3 is 2.43 bits per heavy atom. The molecule has 3 amide bonds. The molecule has 196 valence electrons. The van der Waals surface area contributed by atoms with E-state index in [0.29, 0.717) is 26.3 Å². The second-order valence-corrected chi connectivity index (χ2v) is 11.2. The molecule has 2 aromatic rings. The second kappa shape index (κ2) is 12.0. The van der Waals surface area contributed by atoms with Crippen LogP contribution in [0.1, 0.15) is 31.9 Å². The number of methoxy groups -OCH3 is 1. The third kappa shape index (κ3) is 7.96. The lowest BCUT2D eigenvalue weighted by Crippen LogP contribution is -2.37. The predicted molar refractivity (Wildman–Crippen MR) is 150 cm³/mol. The molecule has 0 saturated carbocycles. The fourth-order valence-corrected chi connectivity index (χ4v) is 4.84. The first-order valence-corrected chi connectivity index (χ1v) is 13.1. The van der Waals surface area contributed by atoms with Crippen molar-refractivity contribution in [3.8, 4) is 11.5 Å². The van der Waals surface area contributed by atoms with Crippen molar-refractivity contribution in [1.29, 1.82) is 0 Å². The van der Waals surface area contributed by atoms with Crippen LogP contribution in [0.4, 0.5) is 10.5 Å². The number of amides is 3. The summed E-state index contributed by atoms with van der Waals surface area (Å²) in [5.74, 6) is -0.848. The van der Waals surface area contributed by atoms with Gasteiger partial charge < -0.3 is 19.5 Å². The Bertz CT molecular complexity index is 1250. The summed E-state index contributed by atoms with van der Waals surface area (Å²) in [5, 5.41) is 2.22. The monoisotopic (exact) mass is 638 g/mol. The lowest BCUT2D eigenvalue weighted by atomic mass is 10.2. The molecule has 0 aromatic heterocycles. The van der Waals surface area contributed by atoms with E-state index in [4.69, 9.17) is 14.2 Å². The molecule has 1 aliphatic heterocycles. The number of nitrogens with zero attached hydrogens (tertiary/aromatic N) is 1. The van der Waals surface area contributed by atoms with E-state index in [1.165, 1.54) is 7.11 Å². The molecule has 0 atom stereocenters. The topological polar surface area (TPSA) is 111 Å². The minimum absolute atomic E-state index is 0.164. The van der Waals surface area contributed by atoms with Gasteiger partial charge >= 0.3 is 5.97 Å². The molecule has 11 heteroatoms. The molecule has 37 heavy (non-hydrogen) atoms. The van der Waals surface area contributed by atoms with Crippen molar-refractivity contribution in [2.75, 3.05) is 25.6 Å². The molecule has 0 unspecified atom stereocenters. The second-order valence-electron chi connectivity index (χ2n) is 9.09. The molecule has 0 bridgehead atoms. The van der Waals surface area contributed by atoms with Crippen LogP contribution in [0.2, 0.25) is 0 Å². The summed E-state index contributed by atoms with van der Waals surface area (Å²) in [5.41, 5.74) is 1.60. The van der Waals surface area contributed by atoms with Crippen LogP contribution in [0.5, 0.6) is 11.5 Å². The molecule has 0 spiro atoms. The maximum Gasteiger partial charge on any atom is 0.326 e. The van der Waals surface area contributed by atoms with Crippen LogP contribution in [0.3, 0.4) is 0 Å². The Kier molecular flexibility index (Phi) is 9.24. The van der Waals surface area contributed by atoms with E-state index in [1.54, 1.807) is 39.0 Å². The van der Waals surface area contributed by atoms with Gasteiger partial charge in [-0.3, -0.25) is 24.1 Å². The van der Waals surface area contributed by atoms with Gasteiger partial charge in [0.25, 0.3) is 17.1 Å². The van der Waals surface area contributed by atoms with Crippen LogP contribution in [0, 0.1) is 10.5 Å². The van der Waals surface area contributed by atoms with Gasteiger partial charge in [-0.15, -0.1) is 0 Å². The first-order valence-electron chi connectivity index (χ1n) is 11.2. The Labute approximate surface area is 233 Å². The van der Waals surface area contributed by atoms with Crippen LogP contribution in [0.15, 0.2) is 41.3 Å². The van der Waals surface area contributed by atoms with Crippen LogP contribution < -0.4 is 14.8 Å². The quantitative estimate of drug-likeness (QED) is 0.244. The van der Waals surface area contributed by atoms with Crippen molar-refractivity contribution in [2.45, 2.75) is 33.3 Å². The highest BCUT2D eigenvalue weighted by Crippen LogP contribution is 2.37. The summed E-state index contributed by atoms with van der Waals surface area (Å²) in [6.07, 6.45) is 1.54. The normalized spacial score (nSPS) is 14.6. The molecular formula is C26H27IN2O7S. The van der Waals surface area contributed by atoms with Gasteiger partial charge in [0.1, 0.15) is 12.1 Å². The zero-order valence-electron chi connectivity index (χ0n) is 21.0. The van der Waals surface area contributed by atoms with E-state index >= 15 is 0 Å². The zero-order chi connectivity index (χ0) is 27.3. The number of hydrogen-bond acceptors (Lipinski definition) is 8. The molecular weight excluding hydrogens is 611 g/mol. The standard InChI is InChI=1S/C26H27IN2O7S/c1-15-6-8-17(9-7-15)28-21(30)14-35-23-18(27)10-16(11-19(23)34-5)12-20-24(32)29(25(33)37-20)13-22(31)36-26(2,3)4/h6-12H,13-14H2,1-5H3,(H,28,30). The lowest BCUT2D eigenvalue weighted by Gasteiger charge is -2.21. The van der Waals surface area contributed by atoms with Crippen molar-refractivity contribution in [3.05, 3.63) is 56.0 Å². The van der Waals surface area contributed by atoms with E-state index in [9.17, 15) is 19.2 Å². The summed E-state index contributed by atoms with van der Waals surface area (Å²) in [6, 6.07) is 10.8. The molecule has 1 heterocycles. The van der Waals surface area contributed by atoms with Gasteiger partial charge in [0.15, 0.2) is 18.1 Å². The minimum Gasteiger partial charge on any atom is -0.493 e. The maximum absolute atomic E-state index is 12.8. The number of rotatable bonds is 8. The highest BCUT2D eigenvalue weighted by atomic mass is 127. The number of carbonyl (C=O) groups excluding carboxylic acids is 4. The molecule has 2 aromatic carbocycles. The Hall–Kier alpha value is -3.06. The van der Waals surface area contributed by atoms with E-state index < -0.39 is 29.3 Å². The Balaban J connectivity index is 1.70. The average Bonchev–Trinajstić information content (AvgIpc) is 3.05. The Morgan fingerprint density at radius 2 is 1.81 bits per heavy atom. The SMILES string of the molecule is COc1cc(C=C2SC(=O)N(CC(=O)OC(C)(C)C)C2=O)cc(I)c1OCC(=O)Nc1ccc(C)cc1. The van der Waals surface area contributed by atoms with Crippen LogP contribution in [-0.2, 0) is 19.1 Å². The first-order chi connectivity index (χ1) is 17.4. The number of halogens is 1. The van der Waals surface area contributed by atoms with Gasteiger partial charge in [-0.25, -0.2) is 0 Å². The van der Waals surface area contributed by atoms with Crippen LogP contribution in [-0.4, -0.2) is 53.8 Å². The fourth-order valence-electron chi connectivity index (χ4n) is 3.23. The number of nitrogens with one attached hydrogen (secondary N) is 1. The molecule has 0 aliphatic carbocycles. The summed E-state index contributed by atoms with van der Waals surface area (Å²) in [7, 11) is 1.46. The number of carbonyl (C=O) groups is 4. The highest BCUT2D eigenvalue weighted by molar-refractivity contribution is 14.1. The number of esters is 1. The molecule has 1 N–H and O–H groups in total. The molecule has 1 fully saturated rings. The van der Waals surface area contributed by atoms with Crippen molar-refractivity contribution in [1.82, 2.24) is 4.90 Å².